The fourth-order valence-corrected chi connectivity index (χ4v) is 4.34. The summed E-state index contributed by atoms with van der Waals surface area (Å²) in [5.41, 5.74) is 7.50. The molecule has 0 aliphatic carbocycles. The lowest BCUT2D eigenvalue weighted by Gasteiger charge is -2.25. The molecule has 0 radical (unpaired) electrons. The topological polar surface area (TPSA) is 107 Å². The maximum Gasteiger partial charge on any atom is 0.408 e. The summed E-state index contributed by atoms with van der Waals surface area (Å²) in [6.07, 6.45) is -0.741. The van der Waals surface area contributed by atoms with E-state index in [9.17, 15) is 13.6 Å². The van der Waals surface area contributed by atoms with Crippen molar-refractivity contribution in [3.63, 3.8) is 0 Å². The number of fused-ring (bicyclic) bond motifs is 1. The Morgan fingerprint density at radius 2 is 1.71 bits per heavy atom. The van der Waals surface area contributed by atoms with Gasteiger partial charge in [-0.15, -0.1) is 10.2 Å². The number of nitrogens with one attached hydrogen (secondary N) is 1. The van der Waals surface area contributed by atoms with Gasteiger partial charge in [-0.2, -0.15) is 0 Å². The number of amides is 1. The van der Waals surface area contributed by atoms with E-state index in [1.807, 2.05) is 20.8 Å². The van der Waals surface area contributed by atoms with Gasteiger partial charge in [0.1, 0.15) is 28.1 Å². The highest BCUT2D eigenvalue weighted by molar-refractivity contribution is 6.30. The summed E-state index contributed by atoms with van der Waals surface area (Å²) in [6.45, 7) is 11.1. The number of ether oxygens (including phenoxy) is 1. The van der Waals surface area contributed by atoms with Crippen LogP contribution in [0.25, 0.3) is 16.8 Å². The smallest absolute Gasteiger partial charge is 0.408 e. The third-order valence-electron chi connectivity index (χ3n) is 5.69. The van der Waals surface area contributed by atoms with E-state index in [-0.39, 0.29) is 17.8 Å². The number of carbonyl (C=O) groups is 1. The molecule has 41 heavy (non-hydrogen) atoms. The molecule has 1 amide bonds. The second-order valence-electron chi connectivity index (χ2n) is 11.6. The number of nitrogens with zero attached hydrogens (tertiary/aromatic N) is 4. The number of benzene rings is 1. The highest BCUT2D eigenvalue weighted by atomic mass is 35.5. The van der Waals surface area contributed by atoms with Gasteiger partial charge in [0.25, 0.3) is 0 Å². The molecule has 0 aliphatic rings. The molecule has 0 unspecified atom stereocenters. The Morgan fingerprint density at radius 1 is 1.05 bits per heavy atom. The normalized spacial score (nSPS) is 12.5. The molecule has 0 aliphatic heterocycles. The zero-order valence-electron chi connectivity index (χ0n) is 23.6. The van der Waals surface area contributed by atoms with E-state index in [1.165, 1.54) is 16.5 Å². The summed E-state index contributed by atoms with van der Waals surface area (Å²) in [5.74, 6) is 4.84. The largest absolute Gasteiger partial charge is 0.444 e. The minimum absolute atomic E-state index is 0.0111. The lowest BCUT2D eigenvalue weighted by atomic mass is 9.95. The van der Waals surface area contributed by atoms with Crippen molar-refractivity contribution in [1.82, 2.24) is 24.9 Å². The molecule has 1 aromatic carbocycles. The van der Waals surface area contributed by atoms with Gasteiger partial charge in [0.15, 0.2) is 5.65 Å². The van der Waals surface area contributed by atoms with Crippen LogP contribution in [0.3, 0.4) is 0 Å². The Hall–Kier alpha value is -4.23. The van der Waals surface area contributed by atoms with Crippen molar-refractivity contribution in [1.29, 1.82) is 0 Å². The maximum atomic E-state index is 14.2. The molecule has 214 valence electrons. The number of carbonyl (C=O) groups excluding carboxylic acids is 1. The summed E-state index contributed by atoms with van der Waals surface area (Å²) >= 11 is 6.37. The number of rotatable bonds is 5. The molecule has 3 N–H and O–H groups in total. The third kappa shape index (κ3) is 7.50. The van der Waals surface area contributed by atoms with Crippen molar-refractivity contribution in [3.05, 3.63) is 76.2 Å². The molecule has 8 nitrogen and oxygen atoms in total. The van der Waals surface area contributed by atoms with Crippen LogP contribution < -0.4 is 11.1 Å². The molecule has 1 atom stereocenters. The van der Waals surface area contributed by atoms with Gasteiger partial charge < -0.3 is 15.8 Å². The average Bonchev–Trinajstić information content (AvgIpc) is 3.23. The Balaban J connectivity index is 1.94. The van der Waals surface area contributed by atoms with Crippen molar-refractivity contribution >= 4 is 29.3 Å². The molecular weight excluding hydrogens is 550 g/mol. The second-order valence-corrected chi connectivity index (χ2v) is 12.0. The number of alkyl carbamates (subject to hydrolysis) is 1. The first-order chi connectivity index (χ1) is 19.1. The minimum atomic E-state index is -0.895. The lowest BCUT2D eigenvalue weighted by Crippen LogP contribution is -2.36. The van der Waals surface area contributed by atoms with Crippen molar-refractivity contribution < 1.29 is 18.3 Å². The summed E-state index contributed by atoms with van der Waals surface area (Å²) in [6, 6.07) is 9.21. The number of pyridine rings is 2. The molecule has 4 aromatic rings. The zero-order valence-corrected chi connectivity index (χ0v) is 24.4. The van der Waals surface area contributed by atoms with Gasteiger partial charge in [-0.1, -0.05) is 17.5 Å². The summed E-state index contributed by atoms with van der Waals surface area (Å²) in [7, 11) is 0. The number of aromatic nitrogens is 4. The Bertz CT molecular complexity index is 1660. The molecule has 0 fully saturated rings. The average molecular weight is 581 g/mol. The molecule has 3 aromatic heterocycles. The predicted molar refractivity (Wildman–Crippen MR) is 154 cm³/mol. The fraction of sp³-hybridized carbons (Fsp3) is 0.333. The number of hydrogen-bond donors (Lipinski definition) is 2. The van der Waals surface area contributed by atoms with Crippen molar-refractivity contribution in [2.75, 3.05) is 5.73 Å². The van der Waals surface area contributed by atoms with E-state index >= 15 is 0 Å². The van der Waals surface area contributed by atoms with Crippen molar-refractivity contribution in [2.24, 2.45) is 5.41 Å². The highest BCUT2D eigenvalue weighted by Crippen LogP contribution is 2.34. The van der Waals surface area contributed by atoms with Crippen LogP contribution in [0.4, 0.5) is 19.5 Å². The van der Waals surface area contributed by atoms with E-state index in [1.54, 1.807) is 45.0 Å². The fourth-order valence-electron chi connectivity index (χ4n) is 4.11. The predicted octanol–water partition coefficient (Wildman–Crippen LogP) is 6.51. The molecule has 0 spiro atoms. The highest BCUT2D eigenvalue weighted by Gasteiger charge is 2.26. The van der Waals surface area contributed by atoms with Crippen LogP contribution in [0.5, 0.6) is 0 Å². The van der Waals surface area contributed by atoms with E-state index in [4.69, 9.17) is 27.1 Å². The maximum absolute atomic E-state index is 14.2. The van der Waals surface area contributed by atoms with Crippen LogP contribution in [0.15, 0.2) is 42.5 Å². The minimum Gasteiger partial charge on any atom is -0.444 e. The Kier molecular flexibility index (Phi) is 8.22. The van der Waals surface area contributed by atoms with Crippen molar-refractivity contribution in [3.8, 4) is 23.0 Å². The van der Waals surface area contributed by atoms with Crippen molar-refractivity contribution in [2.45, 2.75) is 59.6 Å². The van der Waals surface area contributed by atoms with E-state index in [0.29, 0.717) is 38.9 Å². The second kappa shape index (κ2) is 11.3. The van der Waals surface area contributed by atoms with E-state index in [2.05, 4.69) is 27.4 Å². The van der Waals surface area contributed by atoms with Gasteiger partial charge in [0.05, 0.1) is 11.7 Å². The molecule has 0 bridgehead atoms. The quantitative estimate of drug-likeness (QED) is 0.206. The van der Waals surface area contributed by atoms with Gasteiger partial charge in [-0.05, 0) is 95.8 Å². The number of halogens is 3. The lowest BCUT2D eigenvalue weighted by molar-refractivity contribution is 0.0502. The number of anilines is 1. The van der Waals surface area contributed by atoms with Crippen LogP contribution in [-0.4, -0.2) is 31.3 Å². The zero-order chi connectivity index (χ0) is 30.1. The first-order valence-electron chi connectivity index (χ1n) is 12.9. The summed E-state index contributed by atoms with van der Waals surface area (Å²) in [4.78, 5) is 17.8. The van der Waals surface area contributed by atoms with Crippen LogP contribution >= 0.6 is 11.6 Å². The van der Waals surface area contributed by atoms with Gasteiger partial charge >= 0.3 is 6.09 Å². The molecular formula is C30H31ClF2N6O2. The molecule has 0 saturated heterocycles. The summed E-state index contributed by atoms with van der Waals surface area (Å²) < 4.78 is 35.3. The Labute approximate surface area is 242 Å². The van der Waals surface area contributed by atoms with Crippen LogP contribution in [0.1, 0.15) is 64.5 Å². The van der Waals surface area contributed by atoms with Crippen LogP contribution in [-0.2, 0) is 11.2 Å². The molecule has 4 rings (SSSR count). The summed E-state index contributed by atoms with van der Waals surface area (Å²) in [5, 5.41) is 11.3. The monoisotopic (exact) mass is 580 g/mol. The van der Waals surface area contributed by atoms with Gasteiger partial charge in [0.2, 0.25) is 5.95 Å². The van der Waals surface area contributed by atoms with E-state index in [0.717, 1.165) is 6.07 Å². The van der Waals surface area contributed by atoms with E-state index < -0.39 is 29.4 Å². The van der Waals surface area contributed by atoms with Gasteiger partial charge in [-0.25, -0.2) is 18.6 Å². The molecule has 11 heteroatoms. The molecule has 0 saturated carbocycles. The number of nitrogen functional groups attached to an aromatic ring is 1. The Morgan fingerprint density at radius 3 is 2.34 bits per heavy atom. The third-order valence-corrected chi connectivity index (χ3v) is 5.99. The van der Waals surface area contributed by atoms with Gasteiger partial charge in [-0.3, -0.25) is 4.40 Å². The first-order valence-corrected chi connectivity index (χ1v) is 13.3. The van der Waals surface area contributed by atoms with Gasteiger partial charge in [0, 0.05) is 22.6 Å². The number of nitrogens with two attached hydrogens (primary N) is 1. The van der Waals surface area contributed by atoms with Crippen LogP contribution in [0.2, 0.25) is 5.15 Å². The first kappa shape index (κ1) is 29.7. The standard InChI is InChI=1S/C30H31ClF2N6O2/c1-29(2,3)12-11-20-7-8-21(22-9-10-24(31)39-26(22)37-38-27(39)34)25(35-20)23(36-28(40)41-30(4,5)6)15-17-13-18(32)16-19(33)14-17/h7-10,13-14,16,23H,15H2,1-6H3,(H2,34,38)(H,36,40)/t23-/m0/s1. The molecule has 3 heterocycles. The number of hydrogen-bond acceptors (Lipinski definition) is 6. The SMILES string of the molecule is CC(C)(C)C#Cc1ccc(-c2ccc(Cl)n3c(N)nnc23)c([C@H](Cc2cc(F)cc(F)c2)NC(=O)OC(C)(C)C)n1. The van der Waals surface area contributed by atoms with Crippen LogP contribution in [0, 0.1) is 28.9 Å².